The van der Waals surface area contributed by atoms with Gasteiger partial charge < -0.3 is 40.1 Å². The second kappa shape index (κ2) is 15.8. The summed E-state index contributed by atoms with van der Waals surface area (Å²) < 4.78 is 105. The van der Waals surface area contributed by atoms with Crippen LogP contribution in [0.5, 0.6) is 0 Å². The Morgan fingerprint density at radius 3 is 1.43 bits per heavy atom. The Morgan fingerprint density at radius 1 is 0.701 bits per heavy atom. The number of rotatable bonds is 11. The van der Waals surface area contributed by atoms with Crippen molar-refractivity contribution < 1.29 is 54.5 Å². The van der Waals surface area contributed by atoms with E-state index >= 15 is 0 Å². The van der Waals surface area contributed by atoms with Gasteiger partial charge in [0, 0.05) is 37.3 Å². The van der Waals surface area contributed by atoms with Crippen molar-refractivity contribution in [2.75, 3.05) is 30.0 Å². The minimum Gasteiger partial charge on any atom is -0.511 e. The van der Waals surface area contributed by atoms with Crippen LogP contribution in [-0.2, 0) is 62.2 Å². The predicted molar refractivity (Wildman–Crippen MR) is 250 cm³/mol. The highest BCUT2D eigenvalue weighted by molar-refractivity contribution is 7.91. The first-order valence-corrected chi connectivity index (χ1v) is 28.9. The summed E-state index contributed by atoms with van der Waals surface area (Å²) in [4.78, 5) is 31.3. The van der Waals surface area contributed by atoms with Crippen LogP contribution in [0.3, 0.4) is 0 Å². The van der Waals surface area contributed by atoms with Gasteiger partial charge in [0.25, 0.3) is 31.9 Å². The molecule has 364 valence electrons. The molecule has 8 unspecified atom stereocenters. The second-order valence-electron chi connectivity index (χ2n) is 21.2. The molecule has 10 rings (SSSR count). The van der Waals surface area contributed by atoms with Gasteiger partial charge in [0.2, 0.25) is 10.0 Å². The van der Waals surface area contributed by atoms with Crippen LogP contribution in [0.2, 0.25) is 0 Å². The lowest BCUT2D eigenvalue weighted by atomic mass is 9.77. The zero-order valence-electron chi connectivity index (χ0n) is 38.1. The van der Waals surface area contributed by atoms with Crippen molar-refractivity contribution in [3.63, 3.8) is 0 Å². The molecule has 2 aromatic rings. The lowest BCUT2D eigenvalue weighted by molar-refractivity contribution is -0.133. The standard InChI is InChI=1S/C43H55N7O12S5/c1-42(2,3)12-14-49-30-24-10-8-22(61-24)26(30)32(51)28(40(49)53)36-44-38-34(66(57,58)46-36)20(18-63-38)16-48(65(7,55)56)17-21-19-64-39-35(21)67(59,60)47-37(45-39)29-33(52)27-23-9-11-25(62-23)31(27)50(41(29)54)15-13-43(4,5)6/h18-19,22-27,30-31,51-52H,8-17H2,1-7H3,(H,44,46)(H,45,47). The van der Waals surface area contributed by atoms with E-state index in [-0.39, 0.29) is 101 Å². The average Bonchev–Trinajstić information content (AvgIpc) is 4.07. The van der Waals surface area contributed by atoms with E-state index in [2.05, 4.69) is 61.0 Å². The average molecular weight is 1020 g/mol. The number of thiophene rings is 2. The first-order valence-electron chi connectivity index (χ1n) is 22.4. The molecular weight excluding hydrogens is 967 g/mol. The van der Waals surface area contributed by atoms with Gasteiger partial charge in [0.1, 0.15) is 42.5 Å². The Balaban J connectivity index is 0.921. The highest BCUT2D eigenvalue weighted by Crippen LogP contribution is 2.51. The number of aliphatic hydroxyl groups is 2. The highest BCUT2D eigenvalue weighted by atomic mass is 32.2. The van der Waals surface area contributed by atoms with Crippen LogP contribution in [0.15, 0.2) is 52.0 Å². The Bertz CT molecular complexity index is 2780. The summed E-state index contributed by atoms with van der Waals surface area (Å²) in [5, 5.41) is 32.3. The van der Waals surface area contributed by atoms with Crippen molar-refractivity contribution in [1.29, 1.82) is 0 Å². The third-order valence-electron chi connectivity index (χ3n) is 14.2. The zero-order valence-corrected chi connectivity index (χ0v) is 42.2. The van der Waals surface area contributed by atoms with Gasteiger partial charge >= 0.3 is 0 Å². The van der Waals surface area contributed by atoms with Gasteiger partial charge in [-0.1, -0.05) is 41.5 Å². The molecule has 4 bridgehead atoms. The molecule has 2 aromatic heterocycles. The Hall–Kier alpha value is -3.91. The minimum atomic E-state index is -4.61. The molecule has 4 fully saturated rings. The predicted octanol–water partition coefficient (Wildman–Crippen LogP) is 5.07. The van der Waals surface area contributed by atoms with Gasteiger partial charge in [-0.2, -0.15) is 21.1 Å². The number of amides is 2. The van der Waals surface area contributed by atoms with Crippen molar-refractivity contribution in [2.45, 2.75) is 139 Å². The molecule has 19 nitrogen and oxygen atoms in total. The van der Waals surface area contributed by atoms with E-state index in [0.29, 0.717) is 38.8 Å². The Labute approximate surface area is 398 Å². The quantitative estimate of drug-likeness (QED) is 0.229. The molecular formula is C43H55N7O12S5. The number of fused-ring (bicyclic) bond motifs is 12. The fourth-order valence-electron chi connectivity index (χ4n) is 10.9. The molecule has 8 atom stereocenters. The van der Waals surface area contributed by atoms with Gasteiger partial charge in [-0.3, -0.25) is 9.59 Å². The van der Waals surface area contributed by atoms with Crippen molar-refractivity contribution in [3.05, 3.63) is 44.6 Å². The first kappa shape index (κ1) is 46.8. The van der Waals surface area contributed by atoms with Gasteiger partial charge in [0.15, 0.2) is 11.7 Å². The molecule has 8 aliphatic heterocycles. The number of hydrogen-bond donors (Lipinski definition) is 4. The number of anilines is 2. The van der Waals surface area contributed by atoms with Gasteiger partial charge in [0.05, 0.1) is 54.6 Å². The molecule has 0 aromatic carbocycles. The molecule has 0 saturated carbocycles. The van der Waals surface area contributed by atoms with E-state index in [9.17, 15) is 45.1 Å². The molecule has 2 amide bonds. The number of sulfonamides is 3. The molecule has 24 heteroatoms. The summed E-state index contributed by atoms with van der Waals surface area (Å²) in [6, 6.07) is -0.798. The summed E-state index contributed by atoms with van der Waals surface area (Å²) in [6.07, 6.45) is 3.85. The number of amidine groups is 2. The van der Waals surface area contributed by atoms with Crippen molar-refractivity contribution in [3.8, 4) is 0 Å². The maximum absolute atomic E-state index is 14.3. The number of aliphatic hydroxyl groups excluding tert-OH is 2. The number of hydrogen-bond acceptors (Lipinski definition) is 16. The van der Waals surface area contributed by atoms with Crippen LogP contribution in [0.25, 0.3) is 0 Å². The zero-order chi connectivity index (χ0) is 48.1. The molecule has 0 radical (unpaired) electrons. The van der Waals surface area contributed by atoms with E-state index in [1.807, 2.05) is 0 Å². The third kappa shape index (κ3) is 7.93. The van der Waals surface area contributed by atoms with Crippen molar-refractivity contribution >= 4 is 86.2 Å². The fourth-order valence-corrected chi connectivity index (χ4v) is 16.9. The maximum atomic E-state index is 14.3. The molecule has 10 heterocycles. The number of carbonyl (C=O) groups excluding carboxylic acids is 2. The van der Waals surface area contributed by atoms with Crippen LogP contribution in [0.4, 0.5) is 10.0 Å². The van der Waals surface area contributed by atoms with Crippen LogP contribution in [0.1, 0.15) is 91.2 Å². The minimum absolute atomic E-state index is 0.0461. The summed E-state index contributed by atoms with van der Waals surface area (Å²) in [7, 11) is -13.4. The normalized spacial score (nSPS) is 30.6. The number of ether oxygens (including phenoxy) is 2. The SMILES string of the molecule is CC(C)(C)CCN1C(=O)C(C2=NS(=O)(=O)c3c(CN(Cc4csc5c4S(=O)(=O)N=C(C4=C(O)C6C7CCC(O7)C6N(CCC(C)(C)C)C4=O)N5)S(C)(=O)=O)csc3N2)=C(O)C2C3CCC(O3)C21. The largest absolute Gasteiger partial charge is 0.511 e. The first-order chi connectivity index (χ1) is 31.2. The third-order valence-corrected chi connectivity index (χ3v) is 20.3. The smallest absolute Gasteiger partial charge is 0.287 e. The number of nitrogens with one attached hydrogen (secondary N) is 2. The van der Waals surface area contributed by atoms with E-state index in [1.165, 1.54) is 10.8 Å². The van der Waals surface area contributed by atoms with Crippen LogP contribution in [-0.4, -0.2) is 129 Å². The van der Waals surface area contributed by atoms with Gasteiger partial charge in [-0.15, -0.1) is 31.5 Å². The fraction of sp³-hybridized carbons (Fsp3) is 0.628. The Kier molecular flexibility index (Phi) is 11.0. The number of carbonyl (C=O) groups is 2. The monoisotopic (exact) mass is 1020 g/mol. The summed E-state index contributed by atoms with van der Waals surface area (Å²) >= 11 is 1.90. The molecule has 67 heavy (non-hydrogen) atoms. The van der Waals surface area contributed by atoms with Crippen molar-refractivity contribution in [1.82, 2.24) is 14.1 Å². The topological polar surface area (TPSA) is 254 Å². The maximum Gasteiger partial charge on any atom is 0.287 e. The molecule has 0 aliphatic carbocycles. The van der Waals surface area contributed by atoms with Gasteiger partial charge in [-0.25, -0.2) is 8.42 Å². The van der Waals surface area contributed by atoms with Crippen molar-refractivity contribution in [2.24, 2.45) is 31.5 Å². The van der Waals surface area contributed by atoms with Crippen LogP contribution < -0.4 is 10.6 Å². The summed E-state index contributed by atoms with van der Waals surface area (Å²) in [6.45, 7) is 12.0. The lowest BCUT2D eigenvalue weighted by Crippen LogP contribution is -2.56. The van der Waals surface area contributed by atoms with Crippen LogP contribution >= 0.6 is 22.7 Å². The van der Waals surface area contributed by atoms with E-state index in [1.54, 1.807) is 9.80 Å². The van der Waals surface area contributed by atoms with E-state index in [4.69, 9.17) is 9.47 Å². The number of nitrogens with zero attached hydrogens (tertiary/aromatic N) is 5. The van der Waals surface area contributed by atoms with E-state index in [0.717, 1.165) is 46.1 Å². The molecule has 8 aliphatic rings. The molecule has 4 saturated heterocycles. The molecule has 0 spiro atoms. The highest BCUT2D eigenvalue weighted by Gasteiger charge is 2.60. The summed E-state index contributed by atoms with van der Waals surface area (Å²) in [5.74, 6) is -3.48. The summed E-state index contributed by atoms with van der Waals surface area (Å²) in [5.41, 5.74) is -0.666. The van der Waals surface area contributed by atoms with Gasteiger partial charge in [-0.05, 0) is 60.1 Å². The van der Waals surface area contributed by atoms with Crippen LogP contribution in [0, 0.1) is 22.7 Å². The second-order valence-corrected chi connectivity index (χ2v) is 28.0. The van der Waals surface area contributed by atoms with E-state index < -0.39 is 78.9 Å². The molecule has 4 N–H and O–H groups in total. The lowest BCUT2D eigenvalue weighted by Gasteiger charge is -2.43. The Morgan fingerprint density at radius 2 is 1.07 bits per heavy atom.